The van der Waals surface area contributed by atoms with Crippen molar-refractivity contribution in [3.8, 4) is 12.1 Å². The van der Waals surface area contributed by atoms with E-state index in [9.17, 15) is 44.1 Å². The SMILES string of the molecule is COC(=O)c1ccc([C@@H](C)N2C(=O)C(c3cccc(Br)c3)=NC23CCC(C(C)(C)C)CC3)cc1.COC(=O)c1ccc([C@@H](C)N2C(=O)C(c3cccc(C#N)c3)=NC23CCC(C(C)(C)C)CC3)cc1.C[C@H](c1ccc(C(=O)NCCC(=O)O)cc1)N1C(=O)C(c2cccc(C#N)c2)=NC12CCC(C(C)(C)C)CC2.[C-]#N.[C-]#N.[Zn+2]. The number of carbonyl (C=O) groups is 7. The van der Waals surface area contributed by atoms with Crippen molar-refractivity contribution in [2.75, 3.05) is 20.8 Å². The number of benzene rings is 6. The summed E-state index contributed by atoms with van der Waals surface area (Å²) in [5.74, 6) is -0.645. The van der Waals surface area contributed by atoms with Gasteiger partial charge >= 0.3 is 37.4 Å². The number of carboxylic acids is 1. The summed E-state index contributed by atoms with van der Waals surface area (Å²) >= 11 is 3.53. The summed E-state index contributed by atoms with van der Waals surface area (Å²) in [4.78, 5) is 110. The Bertz CT molecular complexity index is 4660. The molecule has 6 aromatic carbocycles. The number of rotatable bonds is 15. The molecule has 0 radical (unpaired) electrons. The molecule has 3 aliphatic heterocycles. The number of methoxy groups -OCH3 is 2. The first-order valence-corrected chi connectivity index (χ1v) is 38.9. The van der Waals surface area contributed by atoms with Crippen molar-refractivity contribution < 1.29 is 67.6 Å². The molecule has 113 heavy (non-hydrogen) atoms. The van der Waals surface area contributed by atoms with Gasteiger partial charge in [0.05, 0.1) is 73.2 Å². The van der Waals surface area contributed by atoms with Gasteiger partial charge in [-0.3, -0.25) is 38.9 Å². The number of amides is 4. The predicted octanol–water partition coefficient (Wildman–Crippen LogP) is 17.5. The predicted molar refractivity (Wildman–Crippen MR) is 431 cm³/mol. The van der Waals surface area contributed by atoms with E-state index in [-0.39, 0.29) is 102 Å². The molecule has 3 saturated carbocycles. The van der Waals surface area contributed by atoms with Gasteiger partial charge in [-0.2, -0.15) is 10.5 Å². The minimum absolute atomic E-state index is 0. The fourth-order valence-corrected chi connectivity index (χ4v) is 17.2. The number of hydrogen-bond donors (Lipinski definition) is 2. The zero-order valence-electron chi connectivity index (χ0n) is 67.4. The van der Waals surface area contributed by atoms with Gasteiger partial charge in [0.25, 0.3) is 23.6 Å². The van der Waals surface area contributed by atoms with Crippen LogP contribution in [0.25, 0.3) is 0 Å². The molecule has 0 saturated heterocycles. The second-order valence-electron chi connectivity index (χ2n) is 32.9. The van der Waals surface area contributed by atoms with E-state index in [2.05, 4.69) is 103 Å². The van der Waals surface area contributed by atoms with E-state index < -0.39 is 23.0 Å². The fraction of sp³-hybridized carbons (Fsp3) is 0.444. The number of nitrogens with zero attached hydrogens (tertiary/aromatic N) is 10. The molecular formula is C90H102BrN11O10Zn. The molecule has 3 aliphatic carbocycles. The van der Waals surface area contributed by atoms with Crippen molar-refractivity contribution in [1.82, 2.24) is 20.0 Å². The van der Waals surface area contributed by atoms with Crippen LogP contribution in [0.1, 0.15) is 260 Å². The summed E-state index contributed by atoms with van der Waals surface area (Å²) in [6.45, 7) is 36.1. The maximum Gasteiger partial charge on any atom is 2.00 e. The summed E-state index contributed by atoms with van der Waals surface area (Å²) in [6.07, 6.45) is 10.7. The molecule has 3 atom stereocenters. The van der Waals surface area contributed by atoms with Gasteiger partial charge in [0, 0.05) is 33.3 Å². The van der Waals surface area contributed by atoms with Gasteiger partial charge in [0.1, 0.15) is 34.1 Å². The number of carbonyl (C=O) groups excluding carboxylic acids is 6. The minimum Gasteiger partial charge on any atom is -0.512 e. The molecule has 4 amide bonds. The van der Waals surface area contributed by atoms with Crippen molar-refractivity contribution in [3.63, 3.8) is 0 Å². The van der Waals surface area contributed by atoms with Crippen LogP contribution in [0, 0.1) is 80.3 Å². The largest absolute Gasteiger partial charge is 2.00 e. The number of aliphatic imine (C=N–C) groups is 3. The smallest absolute Gasteiger partial charge is 0.512 e. The van der Waals surface area contributed by atoms with Gasteiger partial charge in [-0.25, -0.2) is 9.59 Å². The summed E-state index contributed by atoms with van der Waals surface area (Å²) < 4.78 is 10.6. The number of halogens is 1. The van der Waals surface area contributed by atoms with Crippen molar-refractivity contribution in [1.29, 1.82) is 21.0 Å². The van der Waals surface area contributed by atoms with Crippen molar-refractivity contribution in [2.45, 2.75) is 202 Å². The quantitative estimate of drug-likeness (QED) is 0.0549. The van der Waals surface area contributed by atoms with Crippen LogP contribution < -0.4 is 5.32 Å². The topological polar surface area (TPSA) is 312 Å². The van der Waals surface area contributed by atoms with Crippen molar-refractivity contribution in [3.05, 3.63) is 224 Å². The van der Waals surface area contributed by atoms with Gasteiger partial charge in [-0.05, 0) is 221 Å². The van der Waals surface area contributed by atoms with E-state index in [1.165, 1.54) is 14.2 Å². The zero-order chi connectivity index (χ0) is 82.4. The second kappa shape index (κ2) is 38.0. The van der Waals surface area contributed by atoms with Crippen molar-refractivity contribution in [2.24, 2.45) is 49.0 Å². The van der Waals surface area contributed by atoms with E-state index in [0.717, 1.165) is 104 Å². The van der Waals surface area contributed by atoms with Gasteiger partial charge in [0.2, 0.25) is 0 Å². The molecule has 6 aliphatic rings. The third-order valence-corrected chi connectivity index (χ3v) is 23.8. The molecule has 3 heterocycles. The molecule has 3 fully saturated rings. The van der Waals surface area contributed by atoms with Crippen LogP contribution in [-0.2, 0) is 48.1 Å². The second-order valence-corrected chi connectivity index (χ2v) is 33.9. The molecule has 0 bridgehead atoms. The molecule has 0 aromatic heterocycles. The Kier molecular flexibility index (Phi) is 30.2. The summed E-state index contributed by atoms with van der Waals surface area (Å²) in [5, 5.41) is 42.7. The number of aliphatic carboxylic acids is 1. The molecule has 6 aromatic rings. The fourth-order valence-electron chi connectivity index (χ4n) is 16.8. The Balaban J connectivity index is 0.000000229. The molecule has 12 rings (SSSR count). The number of nitrogens with one attached hydrogen (secondary N) is 1. The Morgan fingerprint density at radius 3 is 1.04 bits per heavy atom. The third-order valence-electron chi connectivity index (χ3n) is 23.3. The molecule has 21 nitrogen and oxygen atoms in total. The monoisotopic (exact) mass is 1640 g/mol. The molecule has 0 unspecified atom stereocenters. The van der Waals surface area contributed by atoms with E-state index in [1.807, 2.05) is 101 Å². The number of ether oxygens (including phenoxy) is 2. The molecule has 23 heteroatoms. The first-order chi connectivity index (χ1) is 53.1. The van der Waals surface area contributed by atoms with E-state index in [4.69, 9.17) is 53.2 Å². The zero-order valence-corrected chi connectivity index (χ0v) is 72.0. The van der Waals surface area contributed by atoms with E-state index in [0.29, 0.717) is 73.8 Å². The van der Waals surface area contributed by atoms with Crippen LogP contribution in [0.4, 0.5) is 0 Å². The van der Waals surface area contributed by atoms with Crippen LogP contribution in [0.5, 0.6) is 0 Å². The summed E-state index contributed by atoms with van der Waals surface area (Å²) in [5.41, 5.74) is 7.50. The number of carboxylic acid groups (broad SMARTS) is 1. The summed E-state index contributed by atoms with van der Waals surface area (Å²) in [7, 11) is 2.74. The maximum atomic E-state index is 14.0. The Labute approximate surface area is 686 Å². The average Bonchev–Trinajstić information content (AvgIpc) is 1.60. The molecule has 3 spiro atoms. The van der Waals surface area contributed by atoms with Crippen LogP contribution in [0.2, 0.25) is 0 Å². The molecular weight excluding hydrogens is 1540 g/mol. The summed E-state index contributed by atoms with van der Waals surface area (Å²) in [6, 6.07) is 47.2. The van der Waals surface area contributed by atoms with Gasteiger partial charge in [0.15, 0.2) is 0 Å². The average molecular weight is 1640 g/mol. The van der Waals surface area contributed by atoms with Crippen LogP contribution in [-0.4, -0.2) is 116 Å². The van der Waals surface area contributed by atoms with Gasteiger partial charge in [-0.15, -0.1) is 0 Å². The number of esters is 2. The minimum atomic E-state index is -0.971. The van der Waals surface area contributed by atoms with Crippen LogP contribution in [0.3, 0.4) is 0 Å². The van der Waals surface area contributed by atoms with Crippen LogP contribution >= 0.6 is 15.9 Å². The normalized spacial score (nSPS) is 21.8. The van der Waals surface area contributed by atoms with E-state index >= 15 is 0 Å². The Morgan fingerprint density at radius 2 is 0.779 bits per heavy atom. The first kappa shape index (κ1) is 89.9. The third kappa shape index (κ3) is 20.4. The molecule has 2 N–H and O–H groups in total. The number of hydrogen-bond acceptors (Lipinski definition) is 16. The van der Waals surface area contributed by atoms with Crippen molar-refractivity contribution >= 4 is 74.6 Å². The standard InChI is InChI=1S/C31H36N4O4.C29H33N3O3.C28H33BrN2O3.2CN.Zn/c1-20(22-8-10-23(11-9-22)28(38)33-17-14-26(36)37)35-29(39)27(24-7-5-6-21(18-24)19-32)34-31(35)15-12-25(13-16-31)30(2,3)4;1-19(21-9-11-22(12-10-21)27(34)35-5)32-26(33)25(23-8-6-7-20(17-23)18-30)31-29(32)15-13-24(14-16-29)28(2,3)4;1-18(19-9-11-20(12-10-19)26(33)34-5)31-25(32)24(21-7-6-8-23(29)17-21)30-28(31)15-13-22(14-16-28)27(2,3)4;2*1-2;/h5-11,18,20,25H,12-17H2,1-4H3,(H,33,38)(H,36,37);6-12,17,19,24H,13-16H2,1-5H3;6-12,17-18,22H,13-16H2,1-5H3;;;/q;;;2*-1;+2/t20-,25?,31?;19-,24?,29?;18-,22?,28?;;;/m111.../s1. The number of nitriles is 2. The van der Waals surface area contributed by atoms with Crippen LogP contribution in [0.15, 0.2) is 165 Å². The maximum absolute atomic E-state index is 14.0. The first-order valence-electron chi connectivity index (χ1n) is 38.1. The molecule has 586 valence electrons. The Hall–Kier alpha value is -10.3. The van der Waals surface area contributed by atoms with Gasteiger partial charge in [-0.1, -0.05) is 151 Å². The Morgan fingerprint density at radius 1 is 0.496 bits per heavy atom. The van der Waals surface area contributed by atoms with Gasteiger partial charge < -0.3 is 58.3 Å². The van der Waals surface area contributed by atoms with E-state index in [1.54, 1.807) is 72.8 Å².